The molecule has 1 aromatic carbocycles. The van der Waals surface area contributed by atoms with Crippen molar-refractivity contribution in [3.05, 3.63) is 40.7 Å². The Morgan fingerprint density at radius 3 is 1.91 bits per heavy atom. The Bertz CT molecular complexity index is 697. The minimum atomic E-state index is -0.303. The van der Waals surface area contributed by atoms with Gasteiger partial charge in [0.25, 0.3) is 0 Å². The predicted octanol–water partition coefficient (Wildman–Crippen LogP) is 3.42. The number of nitrogens with zero attached hydrogens (tertiary/aromatic N) is 3. The summed E-state index contributed by atoms with van der Waals surface area (Å²) in [6, 6.07) is 5.61. The normalized spacial score (nSPS) is 10.3. The van der Waals surface area contributed by atoms with Gasteiger partial charge in [-0.05, 0) is 51.0 Å². The second-order valence-electron chi connectivity index (χ2n) is 5.92. The van der Waals surface area contributed by atoms with Gasteiger partial charge in [-0.3, -0.25) is 0 Å². The van der Waals surface area contributed by atoms with Crippen LogP contribution in [0.1, 0.15) is 22.5 Å². The number of rotatable bonds is 3. The largest absolute Gasteiger partial charge is 0.347 e. The molecule has 122 valence electrons. The molecule has 0 atom stereocenters. The van der Waals surface area contributed by atoms with Crippen molar-refractivity contribution in [2.24, 2.45) is 0 Å². The molecule has 23 heavy (non-hydrogen) atoms. The number of carbonyl (C=O) groups excluding carboxylic acids is 1. The van der Waals surface area contributed by atoms with Crippen molar-refractivity contribution in [1.82, 2.24) is 9.97 Å². The second-order valence-corrected chi connectivity index (χ2v) is 5.92. The van der Waals surface area contributed by atoms with Crippen LogP contribution in [0.5, 0.6) is 0 Å². The molecule has 0 aliphatic heterocycles. The van der Waals surface area contributed by atoms with Gasteiger partial charge < -0.3 is 15.5 Å². The van der Waals surface area contributed by atoms with Crippen LogP contribution in [0.2, 0.25) is 0 Å². The molecule has 2 rings (SSSR count). The lowest BCUT2D eigenvalue weighted by atomic mass is 10.1. The SMILES string of the molecule is Cc1cc(C)cc(NC(=O)Nc2c(C)nc(N(C)C)nc2C)c1. The molecule has 0 radical (unpaired) electrons. The Morgan fingerprint density at radius 2 is 1.43 bits per heavy atom. The van der Waals surface area contributed by atoms with Crippen LogP contribution in [0.3, 0.4) is 0 Å². The average molecular weight is 313 g/mol. The van der Waals surface area contributed by atoms with E-state index in [1.165, 1.54) is 0 Å². The van der Waals surface area contributed by atoms with Crippen LogP contribution in [0.4, 0.5) is 22.1 Å². The first kappa shape index (κ1) is 16.7. The highest BCUT2D eigenvalue weighted by Crippen LogP contribution is 2.20. The van der Waals surface area contributed by atoms with Crippen LogP contribution >= 0.6 is 0 Å². The maximum atomic E-state index is 12.2. The Labute approximate surface area is 137 Å². The lowest BCUT2D eigenvalue weighted by Gasteiger charge is -2.16. The van der Waals surface area contributed by atoms with Crippen molar-refractivity contribution in [1.29, 1.82) is 0 Å². The summed E-state index contributed by atoms with van der Waals surface area (Å²) in [4.78, 5) is 22.9. The third-order valence-electron chi connectivity index (χ3n) is 3.38. The minimum Gasteiger partial charge on any atom is -0.347 e. The maximum absolute atomic E-state index is 12.2. The molecular weight excluding hydrogens is 290 g/mol. The topological polar surface area (TPSA) is 70.2 Å². The second kappa shape index (κ2) is 6.64. The number of anilines is 3. The van der Waals surface area contributed by atoms with Gasteiger partial charge in [-0.1, -0.05) is 6.07 Å². The highest BCUT2D eigenvalue weighted by Gasteiger charge is 2.12. The van der Waals surface area contributed by atoms with Gasteiger partial charge in [-0.2, -0.15) is 0 Å². The van der Waals surface area contributed by atoms with Crippen molar-refractivity contribution in [2.75, 3.05) is 29.6 Å². The molecule has 6 heteroatoms. The zero-order chi connectivity index (χ0) is 17.1. The number of aryl methyl sites for hydroxylation is 4. The number of aromatic nitrogens is 2. The fraction of sp³-hybridized carbons (Fsp3) is 0.353. The number of amides is 2. The fourth-order valence-corrected chi connectivity index (χ4v) is 2.40. The Kier molecular flexibility index (Phi) is 4.83. The van der Waals surface area contributed by atoms with Crippen LogP contribution in [0.25, 0.3) is 0 Å². The molecule has 2 aromatic rings. The number of hydrogen-bond acceptors (Lipinski definition) is 4. The first-order chi connectivity index (χ1) is 10.8. The number of urea groups is 1. The van der Waals surface area contributed by atoms with E-state index in [2.05, 4.69) is 26.7 Å². The van der Waals surface area contributed by atoms with E-state index in [9.17, 15) is 4.79 Å². The first-order valence-electron chi connectivity index (χ1n) is 7.45. The lowest BCUT2D eigenvalue weighted by molar-refractivity contribution is 0.262. The standard InChI is InChI=1S/C17H23N5O/c1-10-7-11(2)9-14(8-10)20-17(23)21-15-12(3)18-16(22(5)6)19-13(15)4/h7-9H,1-6H3,(H2,20,21,23). The monoisotopic (exact) mass is 313 g/mol. The first-order valence-corrected chi connectivity index (χ1v) is 7.45. The number of nitrogens with one attached hydrogen (secondary N) is 2. The molecule has 0 aliphatic carbocycles. The van der Waals surface area contributed by atoms with E-state index in [4.69, 9.17) is 0 Å². The molecule has 0 saturated carbocycles. The van der Waals surface area contributed by atoms with E-state index in [1.54, 1.807) is 0 Å². The summed E-state index contributed by atoms with van der Waals surface area (Å²) in [5.41, 5.74) is 5.07. The Balaban J connectivity index is 2.17. The molecule has 0 spiro atoms. The molecule has 0 fully saturated rings. The molecule has 1 aromatic heterocycles. The molecule has 0 saturated heterocycles. The highest BCUT2D eigenvalue weighted by atomic mass is 16.2. The third-order valence-corrected chi connectivity index (χ3v) is 3.38. The zero-order valence-corrected chi connectivity index (χ0v) is 14.5. The van der Waals surface area contributed by atoms with Crippen LogP contribution in [0.15, 0.2) is 18.2 Å². The van der Waals surface area contributed by atoms with Crippen molar-refractivity contribution in [3.8, 4) is 0 Å². The molecular formula is C17H23N5O. The lowest BCUT2D eigenvalue weighted by Crippen LogP contribution is -2.22. The summed E-state index contributed by atoms with van der Waals surface area (Å²) in [6.07, 6.45) is 0. The number of carbonyl (C=O) groups is 1. The number of benzene rings is 1. The summed E-state index contributed by atoms with van der Waals surface area (Å²) in [7, 11) is 3.77. The fourth-order valence-electron chi connectivity index (χ4n) is 2.40. The average Bonchev–Trinajstić information content (AvgIpc) is 2.41. The van der Waals surface area contributed by atoms with Crippen LogP contribution in [0, 0.1) is 27.7 Å². The van der Waals surface area contributed by atoms with E-state index in [0.29, 0.717) is 11.6 Å². The quantitative estimate of drug-likeness (QED) is 0.911. The van der Waals surface area contributed by atoms with Gasteiger partial charge in [0.2, 0.25) is 5.95 Å². The molecule has 1 heterocycles. The smallest absolute Gasteiger partial charge is 0.323 e. The zero-order valence-electron chi connectivity index (χ0n) is 14.5. The minimum absolute atomic E-state index is 0.303. The Morgan fingerprint density at radius 1 is 0.913 bits per heavy atom. The molecule has 0 aliphatic rings. The van der Waals surface area contributed by atoms with Crippen molar-refractivity contribution >= 4 is 23.4 Å². The van der Waals surface area contributed by atoms with Crippen molar-refractivity contribution in [2.45, 2.75) is 27.7 Å². The van der Waals surface area contributed by atoms with Gasteiger partial charge >= 0.3 is 6.03 Å². The number of hydrogen-bond donors (Lipinski definition) is 2. The van der Waals surface area contributed by atoms with Crippen LogP contribution < -0.4 is 15.5 Å². The summed E-state index contributed by atoms with van der Waals surface area (Å²) in [6.45, 7) is 7.71. The van der Waals surface area contributed by atoms with Gasteiger partial charge in [0.15, 0.2) is 0 Å². The molecule has 2 N–H and O–H groups in total. The van der Waals surface area contributed by atoms with Gasteiger partial charge in [0, 0.05) is 19.8 Å². The molecule has 0 bridgehead atoms. The third kappa shape index (κ3) is 4.18. The van der Waals surface area contributed by atoms with Crippen LogP contribution in [-0.2, 0) is 0 Å². The maximum Gasteiger partial charge on any atom is 0.323 e. The summed E-state index contributed by atoms with van der Waals surface area (Å²) >= 11 is 0. The van der Waals surface area contributed by atoms with E-state index in [-0.39, 0.29) is 6.03 Å². The highest BCUT2D eigenvalue weighted by molar-refractivity contribution is 6.00. The Hall–Kier alpha value is -2.63. The van der Waals surface area contributed by atoms with E-state index in [1.807, 2.05) is 58.8 Å². The van der Waals surface area contributed by atoms with Crippen molar-refractivity contribution in [3.63, 3.8) is 0 Å². The summed E-state index contributed by atoms with van der Waals surface area (Å²) in [5.74, 6) is 0.625. The molecule has 6 nitrogen and oxygen atoms in total. The van der Waals surface area contributed by atoms with E-state index >= 15 is 0 Å². The van der Waals surface area contributed by atoms with Gasteiger partial charge in [0.05, 0.1) is 17.1 Å². The van der Waals surface area contributed by atoms with E-state index < -0.39 is 0 Å². The predicted molar refractivity (Wildman–Crippen MR) is 94.4 cm³/mol. The van der Waals surface area contributed by atoms with Gasteiger partial charge in [-0.25, -0.2) is 14.8 Å². The van der Waals surface area contributed by atoms with Crippen LogP contribution in [-0.4, -0.2) is 30.1 Å². The van der Waals surface area contributed by atoms with E-state index in [0.717, 1.165) is 28.2 Å². The van der Waals surface area contributed by atoms with Gasteiger partial charge in [0.1, 0.15) is 0 Å². The molecule has 0 unspecified atom stereocenters. The van der Waals surface area contributed by atoms with Gasteiger partial charge in [-0.15, -0.1) is 0 Å². The van der Waals surface area contributed by atoms with Crippen molar-refractivity contribution < 1.29 is 4.79 Å². The molecule has 2 amide bonds. The summed E-state index contributed by atoms with van der Waals surface area (Å²) < 4.78 is 0. The summed E-state index contributed by atoms with van der Waals surface area (Å²) in [5, 5.41) is 5.69.